The van der Waals surface area contributed by atoms with Gasteiger partial charge in [-0.15, -0.1) is 0 Å². The van der Waals surface area contributed by atoms with Gasteiger partial charge in [-0.05, 0) is 18.1 Å². The molecule has 19 heavy (non-hydrogen) atoms. The number of benzene rings is 1. The first-order valence-corrected chi connectivity index (χ1v) is 5.73. The van der Waals surface area contributed by atoms with Crippen LogP contribution in [0.4, 0.5) is 19.0 Å². The van der Waals surface area contributed by atoms with Crippen molar-refractivity contribution in [3.8, 4) is 11.3 Å². The van der Waals surface area contributed by atoms with E-state index >= 15 is 0 Å². The zero-order valence-electron chi connectivity index (χ0n) is 10.5. The van der Waals surface area contributed by atoms with Gasteiger partial charge < -0.3 is 10.3 Å². The van der Waals surface area contributed by atoms with E-state index in [1.165, 1.54) is 12.1 Å². The second kappa shape index (κ2) is 4.60. The molecule has 0 atom stereocenters. The van der Waals surface area contributed by atoms with Crippen molar-refractivity contribution in [2.24, 2.45) is 0 Å². The summed E-state index contributed by atoms with van der Waals surface area (Å²) in [6, 6.07) is 4.74. The predicted molar refractivity (Wildman–Crippen MR) is 65.4 cm³/mol. The molecule has 1 aromatic heterocycles. The molecule has 0 fully saturated rings. The van der Waals surface area contributed by atoms with Crippen LogP contribution in [0.2, 0.25) is 0 Å². The van der Waals surface area contributed by atoms with Crippen molar-refractivity contribution >= 4 is 5.82 Å². The average molecular weight is 270 g/mol. The van der Waals surface area contributed by atoms with Gasteiger partial charge in [0.1, 0.15) is 0 Å². The summed E-state index contributed by atoms with van der Waals surface area (Å²) in [6.45, 7) is 3.83. The van der Waals surface area contributed by atoms with E-state index in [0.717, 1.165) is 12.1 Å². The van der Waals surface area contributed by atoms with Gasteiger partial charge in [-0.3, -0.25) is 0 Å². The molecule has 2 N–H and O–H groups in total. The van der Waals surface area contributed by atoms with Crippen molar-refractivity contribution in [1.82, 2.24) is 5.16 Å². The van der Waals surface area contributed by atoms with Crippen molar-refractivity contribution < 1.29 is 17.7 Å². The fourth-order valence-electron chi connectivity index (χ4n) is 1.89. The number of hydrogen-bond acceptors (Lipinski definition) is 3. The summed E-state index contributed by atoms with van der Waals surface area (Å²) in [5, 5.41) is 3.67. The smallest absolute Gasteiger partial charge is 0.381 e. The van der Waals surface area contributed by atoms with Crippen molar-refractivity contribution in [2.45, 2.75) is 25.9 Å². The van der Waals surface area contributed by atoms with E-state index in [1.807, 2.05) is 13.8 Å². The molecule has 0 unspecified atom stereocenters. The number of rotatable bonds is 2. The quantitative estimate of drug-likeness (QED) is 0.895. The van der Waals surface area contributed by atoms with Crippen LogP contribution < -0.4 is 5.73 Å². The van der Waals surface area contributed by atoms with Crippen molar-refractivity contribution in [1.29, 1.82) is 0 Å². The fraction of sp³-hybridized carbons (Fsp3) is 0.308. The Hall–Kier alpha value is -1.98. The summed E-state index contributed by atoms with van der Waals surface area (Å²) in [5.41, 5.74) is 6.23. The van der Waals surface area contributed by atoms with Gasteiger partial charge in [0.05, 0.1) is 5.56 Å². The molecule has 0 aliphatic heterocycles. The van der Waals surface area contributed by atoms with Crippen LogP contribution >= 0.6 is 0 Å². The van der Waals surface area contributed by atoms with Crippen LogP contribution in [0.25, 0.3) is 11.3 Å². The van der Waals surface area contributed by atoms with Crippen LogP contribution in [0.15, 0.2) is 28.8 Å². The number of nitrogens with two attached hydrogens (primary N) is 1. The highest BCUT2D eigenvalue weighted by Crippen LogP contribution is 2.35. The Balaban J connectivity index is 2.44. The molecule has 3 nitrogen and oxygen atoms in total. The SMILES string of the molecule is CC(C)c1c(N)noc1-c1ccc(C(F)(F)F)cc1. The maximum Gasteiger partial charge on any atom is 0.416 e. The van der Waals surface area contributed by atoms with Crippen LogP contribution in [-0.4, -0.2) is 5.16 Å². The number of aromatic nitrogens is 1. The molecule has 2 aromatic rings. The minimum Gasteiger partial charge on any atom is -0.381 e. The Morgan fingerprint density at radius 2 is 1.74 bits per heavy atom. The van der Waals surface area contributed by atoms with Gasteiger partial charge in [-0.2, -0.15) is 13.2 Å². The van der Waals surface area contributed by atoms with E-state index in [0.29, 0.717) is 16.9 Å². The molecule has 1 heterocycles. The van der Waals surface area contributed by atoms with Gasteiger partial charge in [-0.1, -0.05) is 31.1 Å². The molecule has 0 amide bonds. The van der Waals surface area contributed by atoms with Crippen molar-refractivity contribution in [3.63, 3.8) is 0 Å². The van der Waals surface area contributed by atoms with E-state index in [2.05, 4.69) is 5.16 Å². The molecule has 1 aromatic carbocycles. The average Bonchev–Trinajstić information content (AvgIpc) is 2.70. The third-order valence-corrected chi connectivity index (χ3v) is 2.81. The van der Waals surface area contributed by atoms with E-state index < -0.39 is 11.7 Å². The Bertz CT molecular complexity index is 571. The molecule has 0 bridgehead atoms. The Morgan fingerprint density at radius 1 is 1.16 bits per heavy atom. The number of hydrogen-bond donors (Lipinski definition) is 1. The lowest BCUT2D eigenvalue weighted by Crippen LogP contribution is -2.04. The lowest BCUT2D eigenvalue weighted by molar-refractivity contribution is -0.137. The summed E-state index contributed by atoms with van der Waals surface area (Å²) in [5.74, 6) is 0.759. The molecule has 0 spiro atoms. The first-order valence-electron chi connectivity index (χ1n) is 5.73. The van der Waals surface area contributed by atoms with Gasteiger partial charge in [-0.25, -0.2) is 0 Å². The van der Waals surface area contributed by atoms with Gasteiger partial charge in [0.25, 0.3) is 0 Å². The Labute approximate surface area is 108 Å². The summed E-state index contributed by atoms with van der Waals surface area (Å²) in [6.07, 6.45) is -4.35. The zero-order valence-corrected chi connectivity index (χ0v) is 10.5. The monoisotopic (exact) mass is 270 g/mol. The highest BCUT2D eigenvalue weighted by molar-refractivity contribution is 5.67. The van der Waals surface area contributed by atoms with Crippen LogP contribution in [0.1, 0.15) is 30.9 Å². The van der Waals surface area contributed by atoms with Crippen LogP contribution in [0.5, 0.6) is 0 Å². The van der Waals surface area contributed by atoms with Gasteiger partial charge >= 0.3 is 6.18 Å². The van der Waals surface area contributed by atoms with Gasteiger partial charge in [0, 0.05) is 11.1 Å². The van der Waals surface area contributed by atoms with Gasteiger partial charge in [0.2, 0.25) is 0 Å². The molecule has 0 aliphatic carbocycles. The van der Waals surface area contributed by atoms with E-state index in [1.54, 1.807) is 0 Å². The summed E-state index contributed by atoms with van der Waals surface area (Å²) < 4.78 is 42.5. The topological polar surface area (TPSA) is 52.0 Å². The second-order valence-electron chi connectivity index (χ2n) is 4.54. The lowest BCUT2D eigenvalue weighted by atomic mass is 9.99. The third-order valence-electron chi connectivity index (χ3n) is 2.81. The number of anilines is 1. The van der Waals surface area contributed by atoms with Crippen LogP contribution in [0.3, 0.4) is 0 Å². The maximum atomic E-state index is 12.5. The van der Waals surface area contributed by atoms with Crippen LogP contribution in [0, 0.1) is 0 Å². The molecule has 6 heteroatoms. The lowest BCUT2D eigenvalue weighted by Gasteiger charge is -2.08. The van der Waals surface area contributed by atoms with Crippen molar-refractivity contribution in [3.05, 3.63) is 35.4 Å². The largest absolute Gasteiger partial charge is 0.416 e. The standard InChI is InChI=1S/C13H13F3N2O/c1-7(2)10-11(19-18-12(10)17)8-3-5-9(6-4-8)13(14,15)16/h3-7H,1-2H3,(H2,17,18). The minimum absolute atomic E-state index is 0.0727. The zero-order chi connectivity index (χ0) is 14.2. The number of halogens is 3. The highest BCUT2D eigenvalue weighted by Gasteiger charge is 2.30. The van der Waals surface area contributed by atoms with E-state index in [4.69, 9.17) is 10.3 Å². The molecule has 0 saturated heterocycles. The molecule has 2 rings (SSSR count). The Kier molecular flexibility index (Phi) is 3.26. The highest BCUT2D eigenvalue weighted by atomic mass is 19.4. The first-order chi connectivity index (χ1) is 8.80. The fourth-order valence-corrected chi connectivity index (χ4v) is 1.89. The third kappa shape index (κ3) is 2.57. The number of nitrogen functional groups attached to an aromatic ring is 1. The molecular weight excluding hydrogens is 257 g/mol. The summed E-state index contributed by atoms with van der Waals surface area (Å²) in [4.78, 5) is 0. The molecule has 102 valence electrons. The van der Waals surface area contributed by atoms with Crippen molar-refractivity contribution in [2.75, 3.05) is 5.73 Å². The first kappa shape index (κ1) is 13.5. The summed E-state index contributed by atoms with van der Waals surface area (Å²) >= 11 is 0. The maximum absolute atomic E-state index is 12.5. The normalized spacial score (nSPS) is 12.1. The predicted octanol–water partition coefficient (Wildman–Crippen LogP) is 4.07. The number of nitrogens with zero attached hydrogens (tertiary/aromatic N) is 1. The minimum atomic E-state index is -4.35. The number of alkyl halides is 3. The van der Waals surface area contributed by atoms with Gasteiger partial charge in [0.15, 0.2) is 11.6 Å². The summed E-state index contributed by atoms with van der Waals surface area (Å²) in [7, 11) is 0. The van der Waals surface area contributed by atoms with E-state index in [-0.39, 0.29) is 11.7 Å². The molecule has 0 aliphatic rings. The molecule has 0 saturated carbocycles. The van der Waals surface area contributed by atoms with E-state index in [9.17, 15) is 13.2 Å². The molecular formula is C13H13F3N2O. The van der Waals surface area contributed by atoms with Crippen LogP contribution in [-0.2, 0) is 6.18 Å². The molecule has 0 radical (unpaired) electrons. The second-order valence-corrected chi connectivity index (χ2v) is 4.54. The Morgan fingerprint density at radius 3 is 2.21 bits per heavy atom.